The number of benzene rings is 1. The van der Waals surface area contributed by atoms with Crippen LogP contribution in [0, 0.1) is 5.41 Å². The number of rotatable bonds is 2. The van der Waals surface area contributed by atoms with Crippen LogP contribution < -0.4 is 0 Å². The molecule has 1 nitrogen and oxygen atoms in total. The lowest BCUT2D eigenvalue weighted by atomic mass is 9.85. The van der Waals surface area contributed by atoms with Gasteiger partial charge >= 0.3 is 0 Å². The lowest BCUT2D eigenvalue weighted by Gasteiger charge is -2.17. The molecule has 1 fully saturated rings. The van der Waals surface area contributed by atoms with Gasteiger partial charge in [0, 0.05) is 11.8 Å². The van der Waals surface area contributed by atoms with E-state index >= 15 is 0 Å². The summed E-state index contributed by atoms with van der Waals surface area (Å²) in [7, 11) is 0. The van der Waals surface area contributed by atoms with Crippen molar-refractivity contribution in [1.82, 2.24) is 0 Å². The van der Waals surface area contributed by atoms with Crippen molar-refractivity contribution in [3.05, 3.63) is 35.9 Å². The molecule has 1 aliphatic carbocycles. The number of carbonyl (C=O) groups is 1. The van der Waals surface area contributed by atoms with Crippen LogP contribution in [0.2, 0.25) is 0 Å². The first-order chi connectivity index (χ1) is 8.49. The summed E-state index contributed by atoms with van der Waals surface area (Å²) in [6.45, 7) is 8.59. The molecule has 100 valence electrons. The Bertz CT molecular complexity index is 366. The fourth-order valence-electron chi connectivity index (χ4n) is 2.29. The number of hydrogen-bond donors (Lipinski definition) is 0. The average Bonchev–Trinajstić information content (AvgIpc) is 2.72. The third-order valence-electron chi connectivity index (χ3n) is 4.05. The second-order valence-electron chi connectivity index (χ2n) is 5.76. The van der Waals surface area contributed by atoms with Gasteiger partial charge in [0.25, 0.3) is 0 Å². The molecule has 1 heteroatoms. The Labute approximate surface area is 112 Å². The largest absolute Gasteiger partial charge is 0.299 e. The normalized spacial score (nSPS) is 22.8. The fraction of sp³-hybridized carbons (Fsp3) is 0.588. The second-order valence-corrected chi connectivity index (χ2v) is 5.76. The van der Waals surface area contributed by atoms with Gasteiger partial charge in [-0.15, -0.1) is 0 Å². The summed E-state index contributed by atoms with van der Waals surface area (Å²) in [6, 6.07) is 10.5. The van der Waals surface area contributed by atoms with E-state index in [9.17, 15) is 4.79 Å². The van der Waals surface area contributed by atoms with E-state index in [2.05, 4.69) is 52.0 Å². The lowest BCUT2D eigenvalue weighted by molar-refractivity contribution is -0.125. The molecule has 1 aliphatic rings. The molecule has 1 aromatic carbocycles. The van der Waals surface area contributed by atoms with Crippen molar-refractivity contribution in [2.75, 3.05) is 0 Å². The Morgan fingerprint density at radius 1 is 1.22 bits per heavy atom. The van der Waals surface area contributed by atoms with Crippen molar-refractivity contribution >= 4 is 5.78 Å². The summed E-state index contributed by atoms with van der Waals surface area (Å²) < 4.78 is 0. The Morgan fingerprint density at radius 3 is 2.11 bits per heavy atom. The van der Waals surface area contributed by atoms with Crippen molar-refractivity contribution in [3.63, 3.8) is 0 Å². The summed E-state index contributed by atoms with van der Waals surface area (Å²) in [6.07, 6.45) is 4.07. The third-order valence-corrected chi connectivity index (χ3v) is 4.05. The molecule has 1 atom stereocenters. The zero-order chi connectivity index (χ0) is 13.6. The van der Waals surface area contributed by atoms with E-state index in [0.717, 1.165) is 25.7 Å². The quantitative estimate of drug-likeness (QED) is 0.720. The molecule has 1 aromatic rings. The summed E-state index contributed by atoms with van der Waals surface area (Å²) in [4.78, 5) is 11.1. The van der Waals surface area contributed by atoms with Crippen LogP contribution in [0.1, 0.15) is 64.9 Å². The van der Waals surface area contributed by atoms with E-state index in [-0.39, 0.29) is 5.41 Å². The standard InChI is InChI=1S/C9H12.C8H14O/c1-8(2)9-6-4-3-5-7-9;1-3-8(2)6-4-5-7(8)9/h3-8H,1-2H3;3-6H2,1-2H3. The summed E-state index contributed by atoms with van der Waals surface area (Å²) >= 11 is 0. The van der Waals surface area contributed by atoms with Crippen LogP contribution in [0.25, 0.3) is 0 Å². The molecule has 1 unspecified atom stereocenters. The van der Waals surface area contributed by atoms with Crippen molar-refractivity contribution in [2.45, 2.75) is 59.3 Å². The summed E-state index contributed by atoms with van der Waals surface area (Å²) in [5, 5.41) is 0. The summed E-state index contributed by atoms with van der Waals surface area (Å²) in [5.74, 6) is 1.14. The first-order valence-electron chi connectivity index (χ1n) is 7.08. The van der Waals surface area contributed by atoms with E-state index in [1.807, 2.05) is 6.07 Å². The number of hydrogen-bond acceptors (Lipinski definition) is 1. The van der Waals surface area contributed by atoms with Crippen molar-refractivity contribution < 1.29 is 4.79 Å². The van der Waals surface area contributed by atoms with Gasteiger partial charge in [0.2, 0.25) is 0 Å². The molecule has 0 heterocycles. The Kier molecular flexibility index (Phi) is 5.58. The van der Waals surface area contributed by atoms with E-state index in [4.69, 9.17) is 0 Å². The molecular weight excluding hydrogens is 220 g/mol. The maximum atomic E-state index is 11.1. The summed E-state index contributed by atoms with van der Waals surface area (Å²) in [5.41, 5.74) is 1.47. The van der Waals surface area contributed by atoms with Gasteiger partial charge in [-0.1, -0.05) is 58.0 Å². The second kappa shape index (κ2) is 6.72. The van der Waals surface area contributed by atoms with Crippen LogP contribution in [-0.4, -0.2) is 5.78 Å². The number of carbonyl (C=O) groups excluding carboxylic acids is 1. The van der Waals surface area contributed by atoms with Gasteiger partial charge in [0.1, 0.15) is 5.78 Å². The predicted octanol–water partition coefficient (Wildman–Crippen LogP) is 4.97. The van der Waals surface area contributed by atoms with Gasteiger partial charge < -0.3 is 0 Å². The zero-order valence-corrected chi connectivity index (χ0v) is 12.2. The minimum Gasteiger partial charge on any atom is -0.299 e. The molecule has 1 saturated carbocycles. The third kappa shape index (κ3) is 3.97. The molecule has 0 aliphatic heterocycles. The van der Waals surface area contributed by atoms with E-state index < -0.39 is 0 Å². The lowest BCUT2D eigenvalue weighted by Crippen LogP contribution is -2.19. The van der Waals surface area contributed by atoms with Crippen LogP contribution in [-0.2, 0) is 4.79 Å². The molecule has 0 amide bonds. The Balaban J connectivity index is 0.000000180. The minimum absolute atomic E-state index is 0.0556. The maximum absolute atomic E-state index is 11.1. The average molecular weight is 246 g/mol. The number of ketones is 1. The predicted molar refractivity (Wildman–Crippen MR) is 77.8 cm³/mol. The van der Waals surface area contributed by atoms with Crippen LogP contribution in [0.3, 0.4) is 0 Å². The monoisotopic (exact) mass is 246 g/mol. The first kappa shape index (κ1) is 14.9. The van der Waals surface area contributed by atoms with Crippen LogP contribution in [0.5, 0.6) is 0 Å². The van der Waals surface area contributed by atoms with Crippen LogP contribution in [0.15, 0.2) is 30.3 Å². The number of Topliss-reactive ketones (excluding diaryl/α,β-unsaturated/α-hetero) is 1. The molecule has 0 radical (unpaired) electrons. The molecule has 18 heavy (non-hydrogen) atoms. The van der Waals surface area contributed by atoms with Gasteiger partial charge in [-0.25, -0.2) is 0 Å². The van der Waals surface area contributed by atoms with Crippen LogP contribution >= 0.6 is 0 Å². The minimum atomic E-state index is 0.0556. The van der Waals surface area contributed by atoms with E-state index in [0.29, 0.717) is 11.7 Å². The van der Waals surface area contributed by atoms with Gasteiger partial charge in [-0.3, -0.25) is 4.79 Å². The van der Waals surface area contributed by atoms with Crippen molar-refractivity contribution in [1.29, 1.82) is 0 Å². The molecule has 0 saturated heterocycles. The Hall–Kier alpha value is -1.11. The van der Waals surface area contributed by atoms with Gasteiger partial charge in [0.15, 0.2) is 0 Å². The van der Waals surface area contributed by atoms with Crippen molar-refractivity contribution in [2.24, 2.45) is 5.41 Å². The highest BCUT2D eigenvalue weighted by Crippen LogP contribution is 2.36. The highest BCUT2D eigenvalue weighted by molar-refractivity contribution is 5.86. The van der Waals surface area contributed by atoms with E-state index in [1.54, 1.807) is 0 Å². The molecule has 0 N–H and O–H groups in total. The molecule has 0 bridgehead atoms. The van der Waals surface area contributed by atoms with Gasteiger partial charge in [0.05, 0.1) is 0 Å². The van der Waals surface area contributed by atoms with Gasteiger partial charge in [-0.05, 0) is 30.7 Å². The molecule has 0 spiro atoms. The fourth-order valence-corrected chi connectivity index (χ4v) is 2.29. The molecular formula is C17H26O. The van der Waals surface area contributed by atoms with Crippen LogP contribution in [0.4, 0.5) is 0 Å². The highest BCUT2D eigenvalue weighted by Gasteiger charge is 2.34. The van der Waals surface area contributed by atoms with Crippen molar-refractivity contribution in [3.8, 4) is 0 Å². The zero-order valence-electron chi connectivity index (χ0n) is 12.2. The van der Waals surface area contributed by atoms with Gasteiger partial charge in [-0.2, -0.15) is 0 Å². The topological polar surface area (TPSA) is 17.1 Å². The van der Waals surface area contributed by atoms with E-state index in [1.165, 1.54) is 5.56 Å². The highest BCUT2D eigenvalue weighted by atomic mass is 16.1. The smallest absolute Gasteiger partial charge is 0.138 e. The first-order valence-corrected chi connectivity index (χ1v) is 7.08. The molecule has 2 rings (SSSR count). The molecule has 0 aromatic heterocycles. The SMILES string of the molecule is CC(C)c1ccccc1.CCC1(C)CCCC1=O. The maximum Gasteiger partial charge on any atom is 0.138 e. The Morgan fingerprint density at radius 2 is 1.83 bits per heavy atom.